The van der Waals surface area contributed by atoms with Crippen LogP contribution in [0.2, 0.25) is 0 Å². The van der Waals surface area contributed by atoms with Gasteiger partial charge in [-0.15, -0.1) is 0 Å². The van der Waals surface area contributed by atoms with Crippen LogP contribution in [0, 0.1) is 0 Å². The molecule has 0 atom stereocenters. The Balaban J connectivity index is 1.17. The molecule has 0 spiro atoms. The summed E-state index contributed by atoms with van der Waals surface area (Å²) in [5.74, 6) is 0.0699. The molecule has 0 saturated carbocycles. The van der Waals surface area contributed by atoms with Gasteiger partial charge in [0.15, 0.2) is 0 Å². The number of hydrogen-bond acceptors (Lipinski definition) is 5. The van der Waals surface area contributed by atoms with Crippen molar-refractivity contribution in [3.05, 3.63) is 60.2 Å². The van der Waals surface area contributed by atoms with Gasteiger partial charge in [-0.25, -0.2) is 0 Å². The Kier molecular flexibility index (Phi) is 7.70. The van der Waals surface area contributed by atoms with Gasteiger partial charge in [-0.05, 0) is 30.2 Å². The van der Waals surface area contributed by atoms with E-state index < -0.39 is 0 Å². The van der Waals surface area contributed by atoms with Crippen molar-refractivity contribution in [3.8, 4) is 0 Å². The Morgan fingerprint density at radius 1 is 0.818 bits per heavy atom. The molecule has 2 N–H and O–H groups in total. The molecule has 174 valence electrons. The zero-order valence-corrected chi connectivity index (χ0v) is 18.8. The summed E-state index contributed by atoms with van der Waals surface area (Å²) in [7, 11) is 0. The molecular formula is C25H31N5O3. The van der Waals surface area contributed by atoms with E-state index in [2.05, 4.69) is 20.4 Å². The molecule has 33 heavy (non-hydrogen) atoms. The molecule has 0 bridgehead atoms. The van der Waals surface area contributed by atoms with Gasteiger partial charge in [-0.3, -0.25) is 24.2 Å². The van der Waals surface area contributed by atoms with E-state index in [-0.39, 0.29) is 17.7 Å². The van der Waals surface area contributed by atoms with Crippen molar-refractivity contribution >= 4 is 29.1 Å². The second-order valence-electron chi connectivity index (χ2n) is 8.56. The van der Waals surface area contributed by atoms with E-state index in [0.717, 1.165) is 50.4 Å². The fourth-order valence-electron chi connectivity index (χ4n) is 4.24. The van der Waals surface area contributed by atoms with Gasteiger partial charge in [0, 0.05) is 57.1 Å². The molecule has 3 amide bonds. The summed E-state index contributed by atoms with van der Waals surface area (Å²) in [5.41, 5.74) is 2.61. The lowest BCUT2D eigenvalue weighted by molar-refractivity contribution is -0.123. The normalized spacial score (nSPS) is 17.2. The van der Waals surface area contributed by atoms with E-state index in [1.165, 1.54) is 0 Å². The maximum atomic E-state index is 12.5. The number of benzene rings is 2. The predicted octanol–water partition coefficient (Wildman–Crippen LogP) is 1.69. The smallest absolute Gasteiger partial charge is 0.238 e. The zero-order valence-electron chi connectivity index (χ0n) is 18.8. The molecule has 4 rings (SSSR count). The topological polar surface area (TPSA) is 85.0 Å². The van der Waals surface area contributed by atoms with Crippen LogP contribution in [0.1, 0.15) is 18.4 Å². The molecule has 0 radical (unpaired) electrons. The Labute approximate surface area is 194 Å². The van der Waals surface area contributed by atoms with Crippen molar-refractivity contribution in [2.75, 3.05) is 56.0 Å². The monoisotopic (exact) mass is 449 g/mol. The van der Waals surface area contributed by atoms with Crippen LogP contribution < -0.4 is 15.5 Å². The third-order valence-electron chi connectivity index (χ3n) is 6.05. The summed E-state index contributed by atoms with van der Waals surface area (Å²) in [6.07, 6.45) is 1.45. The third-order valence-corrected chi connectivity index (χ3v) is 6.05. The maximum Gasteiger partial charge on any atom is 0.238 e. The molecule has 0 unspecified atom stereocenters. The molecule has 8 nitrogen and oxygen atoms in total. The number of piperazine rings is 1. The van der Waals surface area contributed by atoms with Crippen LogP contribution in [0.3, 0.4) is 0 Å². The van der Waals surface area contributed by atoms with Gasteiger partial charge in [0.25, 0.3) is 0 Å². The molecular weight excluding hydrogens is 418 g/mol. The molecule has 2 aliphatic rings. The molecule has 8 heteroatoms. The van der Waals surface area contributed by atoms with Gasteiger partial charge in [0.1, 0.15) is 0 Å². The average Bonchev–Trinajstić information content (AvgIpc) is 3.26. The molecule has 2 aromatic carbocycles. The minimum atomic E-state index is -0.0750. The lowest BCUT2D eigenvalue weighted by Crippen LogP contribution is -2.50. The van der Waals surface area contributed by atoms with Crippen LogP contribution in [-0.2, 0) is 20.9 Å². The van der Waals surface area contributed by atoms with Gasteiger partial charge >= 0.3 is 0 Å². The highest BCUT2D eigenvalue weighted by Gasteiger charge is 2.23. The molecule has 2 aliphatic heterocycles. The maximum absolute atomic E-state index is 12.5. The first-order valence-electron chi connectivity index (χ1n) is 11.5. The summed E-state index contributed by atoms with van der Waals surface area (Å²) in [4.78, 5) is 42.7. The van der Waals surface area contributed by atoms with Crippen LogP contribution in [0.25, 0.3) is 0 Å². The number of amides is 3. The Morgan fingerprint density at radius 3 is 2.18 bits per heavy atom. The summed E-state index contributed by atoms with van der Waals surface area (Å²) in [6.45, 7) is 4.91. The van der Waals surface area contributed by atoms with Crippen molar-refractivity contribution in [2.24, 2.45) is 0 Å². The number of carbonyl (C=O) groups excluding carboxylic acids is 3. The van der Waals surface area contributed by atoms with Gasteiger partial charge in [-0.2, -0.15) is 0 Å². The van der Waals surface area contributed by atoms with Crippen molar-refractivity contribution in [1.29, 1.82) is 0 Å². The van der Waals surface area contributed by atoms with Crippen molar-refractivity contribution in [2.45, 2.75) is 19.4 Å². The summed E-state index contributed by atoms with van der Waals surface area (Å²) < 4.78 is 0. The number of anilines is 2. The minimum Gasteiger partial charge on any atom is -0.351 e. The van der Waals surface area contributed by atoms with Gasteiger partial charge in [-0.1, -0.05) is 36.4 Å². The van der Waals surface area contributed by atoms with Crippen molar-refractivity contribution in [3.63, 3.8) is 0 Å². The van der Waals surface area contributed by atoms with Crippen LogP contribution in [0.4, 0.5) is 11.4 Å². The number of nitrogens with zero attached hydrogens (tertiary/aromatic N) is 3. The number of hydrogen-bond donors (Lipinski definition) is 2. The van der Waals surface area contributed by atoms with Crippen LogP contribution in [0.5, 0.6) is 0 Å². The first kappa shape index (κ1) is 22.9. The molecule has 2 aromatic rings. The fourth-order valence-corrected chi connectivity index (χ4v) is 4.24. The molecule has 2 saturated heterocycles. The third kappa shape index (κ3) is 6.63. The van der Waals surface area contributed by atoms with Gasteiger partial charge in [0.2, 0.25) is 17.7 Å². The predicted molar refractivity (Wildman–Crippen MR) is 128 cm³/mol. The average molecular weight is 450 g/mol. The number of carbonyl (C=O) groups is 3. The lowest BCUT2D eigenvalue weighted by Gasteiger charge is -2.33. The molecule has 0 aromatic heterocycles. The number of nitrogens with one attached hydrogen (secondary N) is 2. The largest absolute Gasteiger partial charge is 0.351 e. The second-order valence-corrected chi connectivity index (χ2v) is 8.56. The quantitative estimate of drug-likeness (QED) is 0.641. The van der Waals surface area contributed by atoms with Crippen molar-refractivity contribution < 1.29 is 14.4 Å². The first-order chi connectivity index (χ1) is 16.1. The highest BCUT2D eigenvalue weighted by Crippen LogP contribution is 2.24. The molecule has 0 aliphatic carbocycles. The highest BCUT2D eigenvalue weighted by atomic mass is 16.2. The Hall–Kier alpha value is -3.23. The molecule has 2 fully saturated rings. The first-order valence-corrected chi connectivity index (χ1v) is 11.5. The van der Waals surface area contributed by atoms with Crippen LogP contribution in [0.15, 0.2) is 54.6 Å². The number of rotatable bonds is 8. The van der Waals surface area contributed by atoms with Gasteiger partial charge < -0.3 is 15.5 Å². The van der Waals surface area contributed by atoms with E-state index in [0.29, 0.717) is 31.7 Å². The van der Waals surface area contributed by atoms with Crippen LogP contribution >= 0.6 is 0 Å². The van der Waals surface area contributed by atoms with E-state index in [1.807, 2.05) is 54.6 Å². The summed E-state index contributed by atoms with van der Waals surface area (Å²) >= 11 is 0. The fraction of sp³-hybridized carbons (Fsp3) is 0.400. The van der Waals surface area contributed by atoms with E-state index in [9.17, 15) is 14.4 Å². The summed E-state index contributed by atoms with van der Waals surface area (Å²) in [5, 5.41) is 5.91. The highest BCUT2D eigenvalue weighted by molar-refractivity contribution is 5.97. The second kappa shape index (κ2) is 11.1. The Bertz CT molecular complexity index is 973. The SMILES string of the molecule is O=C(CN1CCN(CC(=O)Nc2cccc(N3CCCC3=O)c2)CC1)NCc1ccccc1. The van der Waals surface area contributed by atoms with E-state index >= 15 is 0 Å². The zero-order chi connectivity index (χ0) is 23.0. The van der Waals surface area contributed by atoms with Crippen molar-refractivity contribution in [1.82, 2.24) is 15.1 Å². The lowest BCUT2D eigenvalue weighted by atomic mass is 10.2. The summed E-state index contributed by atoms with van der Waals surface area (Å²) in [6, 6.07) is 17.3. The van der Waals surface area contributed by atoms with Gasteiger partial charge in [0.05, 0.1) is 13.1 Å². The minimum absolute atomic E-state index is 0.0152. The van der Waals surface area contributed by atoms with E-state index in [4.69, 9.17) is 0 Å². The van der Waals surface area contributed by atoms with E-state index in [1.54, 1.807) is 4.90 Å². The molecule has 2 heterocycles. The standard InChI is InChI=1S/C25H31N5O3/c31-23(26-17-20-6-2-1-3-7-20)18-28-12-14-29(15-13-28)19-24(32)27-21-8-4-9-22(16-21)30-11-5-10-25(30)33/h1-4,6-9,16H,5,10-15,17-19H2,(H,26,31)(H,27,32). The Morgan fingerprint density at radius 2 is 1.52 bits per heavy atom. The van der Waals surface area contributed by atoms with Crippen LogP contribution in [-0.4, -0.2) is 73.3 Å².